The molecule has 0 bridgehead atoms. The molecular weight excluding hydrogens is 290 g/mol. The third-order valence-electron chi connectivity index (χ3n) is 5.64. The average Bonchev–Trinajstić information content (AvgIpc) is 3.27. The Labute approximate surface area is 137 Å². The predicted octanol–water partition coefficient (Wildman–Crippen LogP) is 1.76. The minimum Gasteiger partial charge on any atom is -0.336 e. The first-order chi connectivity index (χ1) is 11.1. The van der Waals surface area contributed by atoms with Crippen LogP contribution in [-0.4, -0.2) is 55.6 Å². The molecule has 0 radical (unpaired) electrons. The molecule has 6 nitrogen and oxygen atoms in total. The van der Waals surface area contributed by atoms with Gasteiger partial charge in [0.1, 0.15) is 11.6 Å². The van der Waals surface area contributed by atoms with Crippen LogP contribution in [0.5, 0.6) is 0 Å². The summed E-state index contributed by atoms with van der Waals surface area (Å²) in [6.45, 7) is 7.48. The molecule has 23 heavy (non-hydrogen) atoms. The number of likely N-dealkylation sites (tertiary alicyclic amines) is 1. The van der Waals surface area contributed by atoms with Gasteiger partial charge in [0.15, 0.2) is 0 Å². The van der Waals surface area contributed by atoms with E-state index in [4.69, 9.17) is 0 Å². The van der Waals surface area contributed by atoms with Crippen molar-refractivity contribution in [2.45, 2.75) is 77.0 Å². The molecule has 1 aliphatic carbocycles. The van der Waals surface area contributed by atoms with E-state index >= 15 is 0 Å². The highest BCUT2D eigenvalue weighted by Gasteiger charge is 2.34. The first kappa shape index (κ1) is 15.1. The van der Waals surface area contributed by atoms with Gasteiger partial charge in [-0.3, -0.25) is 9.69 Å². The fourth-order valence-electron chi connectivity index (χ4n) is 4.19. The Balaban J connectivity index is 1.40. The maximum absolute atomic E-state index is 12.8. The van der Waals surface area contributed by atoms with Crippen molar-refractivity contribution in [3.05, 3.63) is 11.6 Å². The molecule has 3 heterocycles. The van der Waals surface area contributed by atoms with Crippen LogP contribution in [0.3, 0.4) is 0 Å². The number of carbonyl (C=O) groups excluding carboxylic acids is 1. The number of hydrogen-bond donors (Lipinski definition) is 0. The topological polar surface area (TPSA) is 54.3 Å². The molecule has 1 aromatic rings. The average molecular weight is 317 g/mol. The predicted molar refractivity (Wildman–Crippen MR) is 86.9 cm³/mol. The molecule has 2 aliphatic heterocycles. The zero-order valence-electron chi connectivity index (χ0n) is 14.2. The van der Waals surface area contributed by atoms with E-state index in [-0.39, 0.29) is 5.91 Å². The Morgan fingerprint density at radius 1 is 1.09 bits per heavy atom. The van der Waals surface area contributed by atoms with Crippen LogP contribution >= 0.6 is 0 Å². The Bertz CT molecular complexity index is 584. The summed E-state index contributed by atoms with van der Waals surface area (Å²) in [6, 6.07) is 0.752. The lowest BCUT2D eigenvalue weighted by molar-refractivity contribution is -0.138. The maximum atomic E-state index is 12.8. The highest BCUT2D eigenvalue weighted by atomic mass is 16.2. The van der Waals surface area contributed by atoms with Gasteiger partial charge in [0.25, 0.3) is 0 Å². The normalized spacial score (nSPS) is 28.7. The molecule has 2 atom stereocenters. The molecular formula is C17H27N5O. The highest BCUT2D eigenvalue weighted by molar-refractivity contribution is 5.79. The Hall–Kier alpha value is -1.43. The number of nitrogens with zero attached hydrogens (tertiary/aromatic N) is 5. The molecule has 4 rings (SSSR count). The molecule has 126 valence electrons. The summed E-state index contributed by atoms with van der Waals surface area (Å²) in [7, 11) is 0. The molecule has 0 unspecified atom stereocenters. The standard InChI is InChI=1S/C17H27N5O/c1-12-4-3-5-13(2)22(12)16(23)11-20-8-9-21-15(10-20)18-19-17(21)14-6-7-14/h12-14H,3-11H2,1-2H3/t12-,13+. The van der Waals surface area contributed by atoms with Gasteiger partial charge in [0.2, 0.25) is 5.91 Å². The third kappa shape index (κ3) is 2.89. The Morgan fingerprint density at radius 2 is 1.83 bits per heavy atom. The van der Waals surface area contributed by atoms with Crippen molar-refractivity contribution < 1.29 is 4.79 Å². The van der Waals surface area contributed by atoms with Crippen molar-refractivity contribution in [3.8, 4) is 0 Å². The molecule has 3 aliphatic rings. The lowest BCUT2D eigenvalue weighted by Crippen LogP contribution is -2.51. The molecule has 0 spiro atoms. The Morgan fingerprint density at radius 3 is 2.52 bits per heavy atom. The summed E-state index contributed by atoms with van der Waals surface area (Å²) in [6.07, 6.45) is 6.02. The van der Waals surface area contributed by atoms with E-state index in [2.05, 4.69) is 38.4 Å². The van der Waals surface area contributed by atoms with Crippen LogP contribution in [0.1, 0.15) is 63.5 Å². The van der Waals surface area contributed by atoms with Crippen LogP contribution in [-0.2, 0) is 17.9 Å². The zero-order chi connectivity index (χ0) is 16.0. The van der Waals surface area contributed by atoms with Crippen LogP contribution in [0.2, 0.25) is 0 Å². The van der Waals surface area contributed by atoms with Gasteiger partial charge in [0.05, 0.1) is 13.1 Å². The van der Waals surface area contributed by atoms with E-state index in [9.17, 15) is 4.79 Å². The molecule has 6 heteroatoms. The monoisotopic (exact) mass is 317 g/mol. The fraction of sp³-hybridized carbons (Fsp3) is 0.824. The van der Waals surface area contributed by atoms with Gasteiger partial charge in [-0.1, -0.05) is 0 Å². The number of aromatic nitrogens is 3. The van der Waals surface area contributed by atoms with Crippen LogP contribution in [0.25, 0.3) is 0 Å². The summed E-state index contributed by atoms with van der Waals surface area (Å²) in [5.41, 5.74) is 0. The van der Waals surface area contributed by atoms with Crippen molar-refractivity contribution in [2.24, 2.45) is 0 Å². The molecule has 1 saturated carbocycles. The number of amides is 1. The molecule has 1 aromatic heterocycles. The number of hydrogen-bond acceptors (Lipinski definition) is 4. The Kier molecular flexibility index (Phi) is 3.87. The van der Waals surface area contributed by atoms with Gasteiger partial charge >= 0.3 is 0 Å². The van der Waals surface area contributed by atoms with E-state index in [0.29, 0.717) is 24.5 Å². The van der Waals surface area contributed by atoms with E-state index in [1.807, 2.05) is 0 Å². The minimum atomic E-state index is 0.278. The molecule has 1 saturated heterocycles. The van der Waals surface area contributed by atoms with Gasteiger partial charge in [0, 0.05) is 31.1 Å². The summed E-state index contributed by atoms with van der Waals surface area (Å²) < 4.78 is 2.28. The van der Waals surface area contributed by atoms with Gasteiger partial charge in [-0.2, -0.15) is 0 Å². The van der Waals surface area contributed by atoms with E-state index < -0.39 is 0 Å². The van der Waals surface area contributed by atoms with Crippen molar-refractivity contribution in [2.75, 3.05) is 13.1 Å². The van der Waals surface area contributed by atoms with Gasteiger partial charge in [-0.15, -0.1) is 10.2 Å². The number of rotatable bonds is 3. The van der Waals surface area contributed by atoms with Crippen LogP contribution in [0.15, 0.2) is 0 Å². The summed E-state index contributed by atoms with van der Waals surface area (Å²) in [5.74, 6) is 3.12. The van der Waals surface area contributed by atoms with Gasteiger partial charge in [-0.25, -0.2) is 0 Å². The minimum absolute atomic E-state index is 0.278. The van der Waals surface area contributed by atoms with E-state index in [1.54, 1.807) is 0 Å². The SMILES string of the molecule is C[C@@H]1CCC[C@H](C)N1C(=O)CN1CCn2c(nnc2C2CC2)C1. The second-order valence-corrected chi connectivity index (χ2v) is 7.54. The van der Waals surface area contributed by atoms with Crippen LogP contribution in [0, 0.1) is 0 Å². The van der Waals surface area contributed by atoms with E-state index in [0.717, 1.165) is 38.3 Å². The zero-order valence-corrected chi connectivity index (χ0v) is 14.2. The van der Waals surface area contributed by atoms with Crippen molar-refractivity contribution in [1.82, 2.24) is 24.6 Å². The molecule has 0 N–H and O–H groups in total. The van der Waals surface area contributed by atoms with Crippen molar-refractivity contribution >= 4 is 5.91 Å². The second-order valence-electron chi connectivity index (χ2n) is 7.54. The lowest BCUT2D eigenvalue weighted by Gasteiger charge is -2.40. The first-order valence-corrected chi connectivity index (χ1v) is 9.09. The van der Waals surface area contributed by atoms with Gasteiger partial charge < -0.3 is 9.47 Å². The summed E-state index contributed by atoms with van der Waals surface area (Å²) >= 11 is 0. The van der Waals surface area contributed by atoms with Crippen molar-refractivity contribution in [3.63, 3.8) is 0 Å². The lowest BCUT2D eigenvalue weighted by atomic mass is 9.97. The second kappa shape index (κ2) is 5.89. The smallest absolute Gasteiger partial charge is 0.237 e. The van der Waals surface area contributed by atoms with Crippen LogP contribution < -0.4 is 0 Å². The quantitative estimate of drug-likeness (QED) is 0.852. The van der Waals surface area contributed by atoms with Crippen LogP contribution in [0.4, 0.5) is 0 Å². The van der Waals surface area contributed by atoms with Crippen molar-refractivity contribution in [1.29, 1.82) is 0 Å². The molecule has 1 amide bonds. The van der Waals surface area contributed by atoms with E-state index in [1.165, 1.54) is 25.1 Å². The number of piperidine rings is 1. The summed E-state index contributed by atoms with van der Waals surface area (Å²) in [4.78, 5) is 17.1. The van der Waals surface area contributed by atoms with Gasteiger partial charge in [-0.05, 0) is 46.0 Å². The molecule has 0 aromatic carbocycles. The molecule has 2 fully saturated rings. The number of fused-ring (bicyclic) bond motifs is 1. The summed E-state index contributed by atoms with van der Waals surface area (Å²) in [5, 5.41) is 8.74. The fourth-order valence-corrected chi connectivity index (χ4v) is 4.19. The first-order valence-electron chi connectivity index (χ1n) is 9.09. The number of carbonyl (C=O) groups is 1. The third-order valence-corrected chi connectivity index (χ3v) is 5.64. The maximum Gasteiger partial charge on any atom is 0.237 e. The highest BCUT2D eigenvalue weighted by Crippen LogP contribution is 2.39. The largest absolute Gasteiger partial charge is 0.336 e.